The average Bonchev–Trinajstić information content (AvgIpc) is 2.91. The molecule has 0 atom stereocenters. The number of anilines is 1. The van der Waals surface area contributed by atoms with Crippen molar-refractivity contribution >= 4 is 39.0 Å². The zero-order valence-corrected chi connectivity index (χ0v) is 11.4. The molecule has 18 heavy (non-hydrogen) atoms. The van der Waals surface area contributed by atoms with Crippen LogP contribution < -0.4 is 5.73 Å². The van der Waals surface area contributed by atoms with E-state index in [-0.39, 0.29) is 0 Å². The number of thiophene rings is 1. The molecule has 0 fully saturated rings. The molecular weight excluding hydrogens is 266 g/mol. The van der Waals surface area contributed by atoms with E-state index < -0.39 is 0 Å². The number of nitrogens with zero attached hydrogens (tertiary/aromatic N) is 2. The maximum atomic E-state index is 6.01. The smallest absolute Gasteiger partial charge is 0.144 e. The van der Waals surface area contributed by atoms with Crippen molar-refractivity contribution in [1.29, 1.82) is 0 Å². The van der Waals surface area contributed by atoms with E-state index in [1.54, 1.807) is 0 Å². The molecule has 0 spiro atoms. The second-order valence-electron chi connectivity index (χ2n) is 4.01. The van der Waals surface area contributed by atoms with Crippen LogP contribution in [0.25, 0.3) is 22.4 Å². The number of aryl methyl sites for hydroxylation is 1. The fourth-order valence-electron chi connectivity index (χ4n) is 2.13. The van der Waals surface area contributed by atoms with E-state index in [4.69, 9.17) is 17.3 Å². The third-order valence-corrected chi connectivity index (χ3v) is 3.94. The summed E-state index contributed by atoms with van der Waals surface area (Å²) in [4.78, 5) is 4.65. The van der Waals surface area contributed by atoms with Crippen LogP contribution in [-0.4, -0.2) is 9.55 Å². The lowest BCUT2D eigenvalue weighted by atomic mass is 10.3. The first-order valence-electron chi connectivity index (χ1n) is 5.70. The SMILES string of the molecule is CCn1c(-c2ccsc2N)nc2cc(Cl)ccc21. The number of benzene rings is 1. The first kappa shape index (κ1) is 11.6. The van der Waals surface area contributed by atoms with Gasteiger partial charge in [0.05, 0.1) is 21.6 Å². The lowest BCUT2D eigenvalue weighted by Gasteiger charge is -2.05. The van der Waals surface area contributed by atoms with E-state index in [1.807, 2.05) is 29.6 Å². The van der Waals surface area contributed by atoms with Gasteiger partial charge >= 0.3 is 0 Å². The molecule has 3 rings (SSSR count). The monoisotopic (exact) mass is 277 g/mol. The molecule has 0 saturated carbocycles. The largest absolute Gasteiger partial charge is 0.390 e. The van der Waals surface area contributed by atoms with Gasteiger partial charge in [-0.3, -0.25) is 0 Å². The molecule has 0 amide bonds. The number of hydrogen-bond donors (Lipinski definition) is 1. The molecule has 1 aromatic carbocycles. The van der Waals surface area contributed by atoms with Gasteiger partial charge in [0.25, 0.3) is 0 Å². The third-order valence-electron chi connectivity index (χ3n) is 2.96. The lowest BCUT2D eigenvalue weighted by molar-refractivity contribution is 0.797. The fraction of sp³-hybridized carbons (Fsp3) is 0.154. The Morgan fingerprint density at radius 3 is 2.89 bits per heavy atom. The molecule has 2 aromatic heterocycles. The maximum Gasteiger partial charge on any atom is 0.144 e. The molecule has 0 unspecified atom stereocenters. The average molecular weight is 278 g/mol. The van der Waals surface area contributed by atoms with Gasteiger partial charge in [-0.1, -0.05) is 11.6 Å². The summed E-state index contributed by atoms with van der Waals surface area (Å²) >= 11 is 7.54. The van der Waals surface area contributed by atoms with Crippen molar-refractivity contribution in [2.24, 2.45) is 0 Å². The summed E-state index contributed by atoms with van der Waals surface area (Å²) < 4.78 is 2.16. The number of halogens is 1. The zero-order valence-electron chi connectivity index (χ0n) is 9.85. The van der Waals surface area contributed by atoms with Crippen LogP contribution in [0.15, 0.2) is 29.6 Å². The summed E-state index contributed by atoms with van der Waals surface area (Å²) in [5.41, 5.74) is 8.97. The van der Waals surface area contributed by atoms with Crippen LogP contribution in [0.1, 0.15) is 6.92 Å². The summed E-state index contributed by atoms with van der Waals surface area (Å²) in [5, 5.41) is 3.48. The van der Waals surface area contributed by atoms with Crippen molar-refractivity contribution in [3.63, 3.8) is 0 Å². The predicted octanol–water partition coefficient (Wildman–Crippen LogP) is 4.02. The normalized spacial score (nSPS) is 11.2. The minimum atomic E-state index is 0.702. The van der Waals surface area contributed by atoms with Crippen LogP contribution in [0.3, 0.4) is 0 Å². The highest BCUT2D eigenvalue weighted by Gasteiger charge is 2.14. The zero-order chi connectivity index (χ0) is 12.7. The van der Waals surface area contributed by atoms with Gasteiger partial charge in [-0.2, -0.15) is 0 Å². The molecule has 3 aromatic rings. The molecule has 92 valence electrons. The van der Waals surface area contributed by atoms with Gasteiger partial charge in [0.15, 0.2) is 0 Å². The minimum absolute atomic E-state index is 0.702. The Labute approximate surface area is 114 Å². The molecule has 0 aliphatic heterocycles. The highest BCUT2D eigenvalue weighted by atomic mass is 35.5. The van der Waals surface area contributed by atoms with Crippen molar-refractivity contribution < 1.29 is 0 Å². The van der Waals surface area contributed by atoms with Crippen LogP contribution in [0, 0.1) is 0 Å². The van der Waals surface area contributed by atoms with E-state index in [0.29, 0.717) is 5.02 Å². The Hall–Kier alpha value is -1.52. The van der Waals surface area contributed by atoms with Gasteiger partial charge in [-0.05, 0) is 36.6 Å². The number of nitrogen functional groups attached to an aromatic ring is 1. The molecule has 2 N–H and O–H groups in total. The van der Waals surface area contributed by atoms with Gasteiger partial charge in [0.1, 0.15) is 5.82 Å². The summed E-state index contributed by atoms with van der Waals surface area (Å²) in [6, 6.07) is 7.78. The Morgan fingerprint density at radius 1 is 1.39 bits per heavy atom. The number of nitrogens with two attached hydrogens (primary N) is 1. The van der Waals surface area contributed by atoms with E-state index in [0.717, 1.165) is 34.0 Å². The third kappa shape index (κ3) is 1.69. The summed E-state index contributed by atoms with van der Waals surface area (Å²) in [7, 11) is 0. The molecule has 2 heterocycles. The first-order chi connectivity index (χ1) is 8.70. The Balaban J connectivity index is 2.32. The van der Waals surface area contributed by atoms with Crippen LogP contribution in [0.5, 0.6) is 0 Å². The molecule has 0 bridgehead atoms. The van der Waals surface area contributed by atoms with E-state index in [9.17, 15) is 0 Å². The van der Waals surface area contributed by atoms with Crippen LogP contribution in [0.2, 0.25) is 5.02 Å². The van der Waals surface area contributed by atoms with Crippen molar-refractivity contribution in [1.82, 2.24) is 9.55 Å². The molecule has 5 heteroatoms. The number of hydrogen-bond acceptors (Lipinski definition) is 3. The Kier molecular flexibility index (Phi) is 2.76. The van der Waals surface area contributed by atoms with Gasteiger partial charge in [0, 0.05) is 11.6 Å². The number of imidazole rings is 1. The molecular formula is C13H12ClN3S. The molecule has 0 aliphatic rings. The highest BCUT2D eigenvalue weighted by Crippen LogP contribution is 2.32. The maximum absolute atomic E-state index is 6.01. The number of fused-ring (bicyclic) bond motifs is 1. The summed E-state index contributed by atoms with van der Waals surface area (Å²) in [6.45, 7) is 2.95. The van der Waals surface area contributed by atoms with E-state index >= 15 is 0 Å². The Bertz CT molecular complexity index is 714. The standard InChI is InChI=1S/C13H12ClN3S/c1-2-17-11-4-3-8(14)7-10(11)16-13(17)9-5-6-18-12(9)15/h3-7H,2,15H2,1H3. The Morgan fingerprint density at radius 2 is 2.22 bits per heavy atom. The predicted molar refractivity (Wildman–Crippen MR) is 78.1 cm³/mol. The summed E-state index contributed by atoms with van der Waals surface area (Å²) in [5.74, 6) is 0.911. The summed E-state index contributed by atoms with van der Waals surface area (Å²) in [6.07, 6.45) is 0. The van der Waals surface area contributed by atoms with Crippen molar-refractivity contribution in [3.05, 3.63) is 34.7 Å². The van der Waals surface area contributed by atoms with Gasteiger partial charge in [0.2, 0.25) is 0 Å². The molecule has 0 aliphatic carbocycles. The second-order valence-corrected chi connectivity index (χ2v) is 5.40. The van der Waals surface area contributed by atoms with Crippen LogP contribution >= 0.6 is 22.9 Å². The van der Waals surface area contributed by atoms with E-state index in [1.165, 1.54) is 11.3 Å². The minimum Gasteiger partial charge on any atom is -0.390 e. The number of aromatic nitrogens is 2. The molecule has 3 nitrogen and oxygen atoms in total. The van der Waals surface area contributed by atoms with Crippen LogP contribution in [-0.2, 0) is 6.54 Å². The second kappa shape index (κ2) is 4.30. The van der Waals surface area contributed by atoms with E-state index in [2.05, 4.69) is 16.5 Å². The molecule has 0 saturated heterocycles. The van der Waals surface area contributed by atoms with Crippen LogP contribution in [0.4, 0.5) is 5.00 Å². The molecule has 0 radical (unpaired) electrons. The van der Waals surface area contributed by atoms with Gasteiger partial charge in [-0.15, -0.1) is 11.3 Å². The fourth-order valence-corrected chi connectivity index (χ4v) is 2.94. The topological polar surface area (TPSA) is 43.8 Å². The first-order valence-corrected chi connectivity index (χ1v) is 6.95. The number of rotatable bonds is 2. The van der Waals surface area contributed by atoms with Gasteiger partial charge < -0.3 is 10.3 Å². The van der Waals surface area contributed by atoms with Crippen molar-refractivity contribution in [2.75, 3.05) is 5.73 Å². The van der Waals surface area contributed by atoms with Gasteiger partial charge in [-0.25, -0.2) is 4.98 Å². The lowest BCUT2D eigenvalue weighted by Crippen LogP contribution is -1.98. The van der Waals surface area contributed by atoms with Crippen molar-refractivity contribution in [2.45, 2.75) is 13.5 Å². The van der Waals surface area contributed by atoms with Crippen molar-refractivity contribution in [3.8, 4) is 11.4 Å². The highest BCUT2D eigenvalue weighted by molar-refractivity contribution is 7.14. The quantitative estimate of drug-likeness (QED) is 0.769.